The van der Waals surface area contributed by atoms with Gasteiger partial charge in [-0.2, -0.15) is 0 Å². The summed E-state index contributed by atoms with van der Waals surface area (Å²) in [5.41, 5.74) is 7.29. The minimum Gasteiger partial charge on any atom is -0.331 e. The standard InChI is InChI=1S/C12H20BrN3/c1-12(2,14)7-6-10-15-11(13)9-5-3-4-8-16(9)10/h3-8,14H2,1-2H3. The molecule has 2 N–H and O–H groups in total. The van der Waals surface area contributed by atoms with Crippen LogP contribution in [-0.4, -0.2) is 15.1 Å². The zero-order chi connectivity index (χ0) is 11.8. The molecule has 0 amide bonds. The van der Waals surface area contributed by atoms with Crippen molar-refractivity contribution in [2.75, 3.05) is 0 Å². The average Bonchev–Trinajstić information content (AvgIpc) is 2.53. The molecule has 0 saturated carbocycles. The summed E-state index contributed by atoms with van der Waals surface area (Å²) in [6.45, 7) is 5.26. The average molecular weight is 286 g/mol. The van der Waals surface area contributed by atoms with Crippen LogP contribution < -0.4 is 5.73 Å². The van der Waals surface area contributed by atoms with Crippen LogP contribution in [0.4, 0.5) is 0 Å². The normalized spacial score (nSPS) is 16.2. The van der Waals surface area contributed by atoms with Crippen molar-refractivity contribution < 1.29 is 0 Å². The minimum atomic E-state index is -0.104. The maximum atomic E-state index is 6.02. The lowest BCUT2D eigenvalue weighted by Crippen LogP contribution is -2.32. The summed E-state index contributed by atoms with van der Waals surface area (Å²) < 4.78 is 3.41. The zero-order valence-electron chi connectivity index (χ0n) is 10.1. The molecule has 0 aliphatic carbocycles. The van der Waals surface area contributed by atoms with Gasteiger partial charge in [-0.05, 0) is 55.5 Å². The predicted molar refractivity (Wildman–Crippen MR) is 69.5 cm³/mol. The minimum absolute atomic E-state index is 0.104. The topological polar surface area (TPSA) is 43.8 Å². The van der Waals surface area contributed by atoms with Gasteiger partial charge in [0.05, 0.1) is 5.69 Å². The lowest BCUT2D eigenvalue weighted by atomic mass is 10.00. The number of aromatic nitrogens is 2. The van der Waals surface area contributed by atoms with Crippen molar-refractivity contribution in [3.05, 3.63) is 16.1 Å². The van der Waals surface area contributed by atoms with Crippen molar-refractivity contribution in [3.8, 4) is 0 Å². The Kier molecular flexibility index (Phi) is 3.40. The second-order valence-corrected chi connectivity index (χ2v) is 6.11. The molecule has 0 saturated heterocycles. The number of hydrogen-bond donors (Lipinski definition) is 1. The van der Waals surface area contributed by atoms with E-state index in [0.717, 1.165) is 30.4 Å². The molecule has 90 valence electrons. The highest BCUT2D eigenvalue weighted by molar-refractivity contribution is 9.10. The Balaban J connectivity index is 2.15. The summed E-state index contributed by atoms with van der Waals surface area (Å²) >= 11 is 3.56. The Hall–Kier alpha value is -0.350. The van der Waals surface area contributed by atoms with Crippen molar-refractivity contribution >= 4 is 15.9 Å². The molecule has 1 aliphatic rings. The van der Waals surface area contributed by atoms with Crippen LogP contribution in [0.1, 0.15) is 44.6 Å². The van der Waals surface area contributed by atoms with Gasteiger partial charge in [0.2, 0.25) is 0 Å². The van der Waals surface area contributed by atoms with Crippen molar-refractivity contribution in [2.45, 2.75) is 58.0 Å². The number of aryl methyl sites for hydroxylation is 1. The molecule has 0 unspecified atom stereocenters. The predicted octanol–water partition coefficient (Wildman–Crippen LogP) is 2.65. The first-order valence-electron chi connectivity index (χ1n) is 6.00. The quantitative estimate of drug-likeness (QED) is 0.928. The van der Waals surface area contributed by atoms with Gasteiger partial charge >= 0.3 is 0 Å². The molecule has 0 fully saturated rings. The van der Waals surface area contributed by atoms with Crippen LogP contribution in [-0.2, 0) is 19.4 Å². The van der Waals surface area contributed by atoms with Crippen LogP contribution in [0.5, 0.6) is 0 Å². The van der Waals surface area contributed by atoms with Crippen LogP contribution in [0.3, 0.4) is 0 Å². The highest BCUT2D eigenvalue weighted by atomic mass is 79.9. The molecule has 0 atom stereocenters. The maximum absolute atomic E-state index is 6.02. The second kappa shape index (κ2) is 4.49. The van der Waals surface area contributed by atoms with E-state index >= 15 is 0 Å². The lowest BCUT2D eigenvalue weighted by molar-refractivity contribution is 0.452. The van der Waals surface area contributed by atoms with Crippen LogP contribution in [0.15, 0.2) is 4.60 Å². The van der Waals surface area contributed by atoms with E-state index in [4.69, 9.17) is 5.73 Å². The van der Waals surface area contributed by atoms with Gasteiger partial charge in [-0.3, -0.25) is 0 Å². The number of fused-ring (bicyclic) bond motifs is 1. The maximum Gasteiger partial charge on any atom is 0.127 e. The number of imidazole rings is 1. The fourth-order valence-electron chi connectivity index (χ4n) is 2.19. The summed E-state index contributed by atoms with van der Waals surface area (Å²) in [4.78, 5) is 4.62. The fraction of sp³-hybridized carbons (Fsp3) is 0.750. The van der Waals surface area contributed by atoms with E-state index in [2.05, 4.69) is 39.3 Å². The van der Waals surface area contributed by atoms with Gasteiger partial charge in [0, 0.05) is 18.5 Å². The number of rotatable bonds is 3. The molecule has 4 heteroatoms. The summed E-state index contributed by atoms with van der Waals surface area (Å²) in [5, 5.41) is 0. The van der Waals surface area contributed by atoms with E-state index in [1.165, 1.54) is 24.4 Å². The third-order valence-corrected chi connectivity index (χ3v) is 3.78. The van der Waals surface area contributed by atoms with Gasteiger partial charge in [-0.1, -0.05) is 0 Å². The smallest absolute Gasteiger partial charge is 0.127 e. The molecule has 0 bridgehead atoms. The Morgan fingerprint density at radius 1 is 1.44 bits per heavy atom. The van der Waals surface area contributed by atoms with Crippen LogP contribution >= 0.6 is 15.9 Å². The molecule has 2 heterocycles. The molecular formula is C12H20BrN3. The van der Waals surface area contributed by atoms with E-state index in [0.29, 0.717) is 0 Å². The fourth-order valence-corrected chi connectivity index (χ4v) is 2.81. The number of nitrogens with two attached hydrogens (primary N) is 1. The van der Waals surface area contributed by atoms with E-state index in [9.17, 15) is 0 Å². The van der Waals surface area contributed by atoms with Gasteiger partial charge in [0.25, 0.3) is 0 Å². The third-order valence-electron chi connectivity index (χ3n) is 3.14. The van der Waals surface area contributed by atoms with E-state index in [1.807, 2.05) is 0 Å². The van der Waals surface area contributed by atoms with Gasteiger partial charge in [-0.25, -0.2) is 4.98 Å². The SMILES string of the molecule is CC(C)(N)CCc1nc(Br)c2n1CCCC2. The summed E-state index contributed by atoms with van der Waals surface area (Å²) in [6, 6.07) is 0. The molecule has 0 radical (unpaired) electrons. The van der Waals surface area contributed by atoms with Crippen LogP contribution in [0, 0.1) is 0 Å². The van der Waals surface area contributed by atoms with Gasteiger partial charge < -0.3 is 10.3 Å². The van der Waals surface area contributed by atoms with Crippen LogP contribution in [0.25, 0.3) is 0 Å². The monoisotopic (exact) mass is 285 g/mol. The highest BCUT2D eigenvalue weighted by Crippen LogP contribution is 2.25. The molecule has 1 aromatic rings. The molecule has 0 aromatic carbocycles. The molecule has 1 aromatic heterocycles. The number of nitrogens with zero attached hydrogens (tertiary/aromatic N) is 2. The molecule has 3 nitrogen and oxygen atoms in total. The molecule has 1 aliphatic heterocycles. The lowest BCUT2D eigenvalue weighted by Gasteiger charge is -2.20. The van der Waals surface area contributed by atoms with Crippen LogP contribution in [0.2, 0.25) is 0 Å². The summed E-state index contributed by atoms with van der Waals surface area (Å²) in [5.74, 6) is 1.19. The number of hydrogen-bond acceptors (Lipinski definition) is 2. The van der Waals surface area contributed by atoms with Gasteiger partial charge in [0.15, 0.2) is 0 Å². The summed E-state index contributed by atoms with van der Waals surface area (Å²) in [6.07, 6.45) is 5.67. The zero-order valence-corrected chi connectivity index (χ0v) is 11.7. The van der Waals surface area contributed by atoms with E-state index in [-0.39, 0.29) is 5.54 Å². The molecular weight excluding hydrogens is 266 g/mol. The van der Waals surface area contributed by atoms with Gasteiger partial charge in [0.1, 0.15) is 10.4 Å². The highest BCUT2D eigenvalue weighted by Gasteiger charge is 2.20. The van der Waals surface area contributed by atoms with Crippen molar-refractivity contribution in [1.82, 2.24) is 9.55 Å². The van der Waals surface area contributed by atoms with Crippen molar-refractivity contribution in [3.63, 3.8) is 0 Å². The second-order valence-electron chi connectivity index (χ2n) is 5.36. The largest absolute Gasteiger partial charge is 0.331 e. The van der Waals surface area contributed by atoms with E-state index in [1.54, 1.807) is 0 Å². The first kappa shape index (κ1) is 12.1. The third kappa shape index (κ3) is 2.66. The summed E-state index contributed by atoms with van der Waals surface area (Å²) in [7, 11) is 0. The first-order valence-corrected chi connectivity index (χ1v) is 6.79. The Morgan fingerprint density at radius 2 is 2.19 bits per heavy atom. The molecule has 0 spiro atoms. The number of halogens is 1. The Morgan fingerprint density at radius 3 is 2.88 bits per heavy atom. The molecule has 2 rings (SSSR count). The van der Waals surface area contributed by atoms with Gasteiger partial charge in [-0.15, -0.1) is 0 Å². The first-order chi connectivity index (χ1) is 7.47. The van der Waals surface area contributed by atoms with Crippen molar-refractivity contribution in [1.29, 1.82) is 0 Å². The van der Waals surface area contributed by atoms with E-state index < -0.39 is 0 Å². The Labute approximate surface area is 106 Å². The molecule has 16 heavy (non-hydrogen) atoms. The Bertz CT molecular complexity index is 376. The van der Waals surface area contributed by atoms with Crippen molar-refractivity contribution in [2.24, 2.45) is 5.73 Å².